The Hall–Kier alpha value is -1.03. The molecule has 1 aromatic carbocycles. The van der Waals surface area contributed by atoms with Crippen molar-refractivity contribution in [2.45, 2.75) is 5.88 Å². The molecule has 0 radical (unpaired) electrons. The van der Waals surface area contributed by atoms with E-state index in [4.69, 9.17) is 34.8 Å². The molecule has 90 valence electrons. The minimum Gasteiger partial charge on any atom is -0.494 e. The van der Waals surface area contributed by atoms with Gasteiger partial charge in [0.25, 0.3) is 0 Å². The molecule has 0 bridgehead atoms. The number of aromatic nitrogens is 1. The van der Waals surface area contributed by atoms with Crippen LogP contribution in [0.4, 0.5) is 0 Å². The predicted molar refractivity (Wildman–Crippen MR) is 68.7 cm³/mol. The van der Waals surface area contributed by atoms with E-state index in [1.165, 1.54) is 16.7 Å². The van der Waals surface area contributed by atoms with E-state index in [0.717, 1.165) is 0 Å². The van der Waals surface area contributed by atoms with Crippen LogP contribution in [-0.2, 0) is 5.88 Å². The highest BCUT2D eigenvalue weighted by atomic mass is 35.5. The van der Waals surface area contributed by atoms with Gasteiger partial charge >= 0.3 is 0 Å². The Morgan fingerprint density at radius 1 is 1.12 bits per heavy atom. The van der Waals surface area contributed by atoms with Gasteiger partial charge in [0.2, 0.25) is 5.88 Å². The van der Waals surface area contributed by atoms with Gasteiger partial charge in [-0.05, 0) is 18.2 Å². The van der Waals surface area contributed by atoms with Crippen LogP contribution >= 0.6 is 34.8 Å². The zero-order chi connectivity index (χ0) is 12.6. The van der Waals surface area contributed by atoms with Crippen molar-refractivity contribution >= 4 is 34.8 Å². The maximum Gasteiger partial charge on any atom is 0.203 e. The third kappa shape index (κ3) is 2.18. The van der Waals surface area contributed by atoms with Gasteiger partial charge in [-0.3, -0.25) is 0 Å². The van der Waals surface area contributed by atoms with Gasteiger partial charge in [-0.1, -0.05) is 23.2 Å². The second kappa shape index (κ2) is 4.69. The van der Waals surface area contributed by atoms with E-state index in [9.17, 15) is 10.2 Å². The van der Waals surface area contributed by atoms with Gasteiger partial charge in [0.1, 0.15) is 0 Å². The summed E-state index contributed by atoms with van der Waals surface area (Å²) in [6.45, 7) is 0. The van der Waals surface area contributed by atoms with Crippen LogP contribution in [0.3, 0.4) is 0 Å². The molecule has 0 aliphatic heterocycles. The molecule has 0 aliphatic rings. The summed E-state index contributed by atoms with van der Waals surface area (Å²) in [6.07, 6.45) is 0. The summed E-state index contributed by atoms with van der Waals surface area (Å²) in [5.41, 5.74) is 0.859. The fourth-order valence-corrected chi connectivity index (χ4v) is 2.23. The van der Waals surface area contributed by atoms with E-state index in [2.05, 4.69) is 0 Å². The molecule has 1 aromatic heterocycles. The average Bonchev–Trinajstić information content (AvgIpc) is 2.55. The number of alkyl halides is 1. The molecular weight excluding hydrogens is 284 g/mol. The molecule has 0 unspecified atom stereocenters. The van der Waals surface area contributed by atoms with Crippen molar-refractivity contribution in [1.82, 2.24) is 4.57 Å². The Morgan fingerprint density at radius 2 is 1.82 bits per heavy atom. The topological polar surface area (TPSA) is 45.4 Å². The highest BCUT2D eigenvalue weighted by Gasteiger charge is 2.16. The molecule has 0 saturated heterocycles. The van der Waals surface area contributed by atoms with Gasteiger partial charge in [0.15, 0.2) is 5.88 Å². The summed E-state index contributed by atoms with van der Waals surface area (Å²) in [4.78, 5) is 0. The van der Waals surface area contributed by atoms with Gasteiger partial charge in [0, 0.05) is 16.7 Å². The maximum atomic E-state index is 9.88. The maximum absolute atomic E-state index is 9.88. The average molecular weight is 293 g/mol. The highest BCUT2D eigenvalue weighted by Crippen LogP contribution is 2.36. The lowest BCUT2D eigenvalue weighted by molar-refractivity contribution is 0.401. The van der Waals surface area contributed by atoms with Crippen LogP contribution < -0.4 is 0 Å². The molecule has 0 atom stereocenters. The molecule has 2 N–H and O–H groups in total. The summed E-state index contributed by atoms with van der Waals surface area (Å²) in [7, 11) is 0. The molecule has 2 aromatic rings. The van der Waals surface area contributed by atoms with Crippen molar-refractivity contribution in [2.75, 3.05) is 0 Å². The minimum absolute atomic E-state index is 0.0948. The molecule has 0 fully saturated rings. The van der Waals surface area contributed by atoms with Crippen molar-refractivity contribution in [3.63, 3.8) is 0 Å². The number of aromatic hydroxyl groups is 2. The predicted octanol–water partition coefficient (Wildman–Crippen LogP) is 3.93. The molecule has 1 heterocycles. The number of rotatable bonds is 2. The van der Waals surface area contributed by atoms with Crippen LogP contribution in [0.2, 0.25) is 10.0 Å². The summed E-state index contributed by atoms with van der Waals surface area (Å²) < 4.78 is 1.20. The largest absolute Gasteiger partial charge is 0.494 e. The SMILES string of the molecule is Oc1cc(CCl)c(O)n1-c1ccc(Cl)cc1Cl. The van der Waals surface area contributed by atoms with Gasteiger partial charge in [-0.2, -0.15) is 0 Å². The Labute approximate surface area is 113 Å². The molecule has 0 amide bonds. The third-order valence-electron chi connectivity index (χ3n) is 2.33. The molecule has 0 saturated carbocycles. The van der Waals surface area contributed by atoms with Gasteiger partial charge in [0.05, 0.1) is 16.6 Å². The molecule has 6 heteroatoms. The standard InChI is InChI=1S/C11H8Cl3NO2/c12-5-6-3-10(16)15(11(6)17)9-2-1-7(13)4-8(9)14/h1-4,16-17H,5H2. The summed E-state index contributed by atoms with van der Waals surface area (Å²) >= 11 is 17.4. The van der Waals surface area contributed by atoms with Crippen LogP contribution in [0.25, 0.3) is 5.69 Å². The number of hydrogen-bond donors (Lipinski definition) is 2. The molecule has 0 spiro atoms. The first-order valence-corrected chi connectivity index (χ1v) is 5.97. The van der Waals surface area contributed by atoms with E-state index >= 15 is 0 Å². The van der Waals surface area contributed by atoms with Crippen LogP contribution in [0.1, 0.15) is 5.56 Å². The molecule has 17 heavy (non-hydrogen) atoms. The first-order valence-electron chi connectivity index (χ1n) is 4.68. The Balaban J connectivity index is 2.64. The number of benzene rings is 1. The molecule has 2 rings (SSSR count). The quantitative estimate of drug-likeness (QED) is 0.824. The molecular formula is C11H8Cl3NO2. The van der Waals surface area contributed by atoms with Crippen LogP contribution in [0.5, 0.6) is 11.8 Å². The van der Waals surface area contributed by atoms with Crippen LogP contribution in [-0.4, -0.2) is 14.8 Å². The van der Waals surface area contributed by atoms with Crippen molar-refractivity contribution in [1.29, 1.82) is 0 Å². The zero-order valence-electron chi connectivity index (χ0n) is 8.49. The van der Waals surface area contributed by atoms with E-state index < -0.39 is 0 Å². The minimum atomic E-state index is -0.137. The Bertz CT molecular complexity index is 566. The lowest BCUT2D eigenvalue weighted by Gasteiger charge is -2.09. The van der Waals surface area contributed by atoms with E-state index in [-0.39, 0.29) is 17.6 Å². The van der Waals surface area contributed by atoms with Crippen molar-refractivity contribution in [3.05, 3.63) is 39.9 Å². The molecule has 3 nitrogen and oxygen atoms in total. The van der Waals surface area contributed by atoms with Gasteiger partial charge < -0.3 is 10.2 Å². The fraction of sp³-hybridized carbons (Fsp3) is 0.0909. The van der Waals surface area contributed by atoms with Crippen LogP contribution in [0, 0.1) is 0 Å². The van der Waals surface area contributed by atoms with Gasteiger partial charge in [-0.25, -0.2) is 4.57 Å². The van der Waals surface area contributed by atoms with E-state index in [1.54, 1.807) is 12.1 Å². The second-order valence-electron chi connectivity index (χ2n) is 3.42. The summed E-state index contributed by atoms with van der Waals surface area (Å²) in [6, 6.07) is 6.12. The third-order valence-corrected chi connectivity index (χ3v) is 3.15. The van der Waals surface area contributed by atoms with E-state index in [0.29, 0.717) is 21.3 Å². The summed E-state index contributed by atoms with van der Waals surface area (Å²) in [5.74, 6) is -0.179. The highest BCUT2D eigenvalue weighted by molar-refractivity contribution is 6.35. The smallest absolute Gasteiger partial charge is 0.203 e. The number of nitrogens with zero attached hydrogens (tertiary/aromatic N) is 1. The second-order valence-corrected chi connectivity index (χ2v) is 4.53. The van der Waals surface area contributed by atoms with Crippen molar-refractivity contribution in [3.8, 4) is 17.4 Å². The fourth-order valence-electron chi connectivity index (χ4n) is 1.54. The summed E-state index contributed by atoms with van der Waals surface area (Å²) in [5, 5.41) is 20.4. The first kappa shape index (κ1) is 12.4. The lowest BCUT2D eigenvalue weighted by Crippen LogP contribution is -1.94. The monoisotopic (exact) mass is 291 g/mol. The van der Waals surface area contributed by atoms with E-state index in [1.807, 2.05) is 0 Å². The Morgan fingerprint density at radius 3 is 2.35 bits per heavy atom. The van der Waals surface area contributed by atoms with Crippen molar-refractivity contribution < 1.29 is 10.2 Å². The van der Waals surface area contributed by atoms with Gasteiger partial charge in [-0.15, -0.1) is 11.6 Å². The zero-order valence-corrected chi connectivity index (χ0v) is 10.8. The number of hydrogen-bond acceptors (Lipinski definition) is 2. The first-order chi connectivity index (χ1) is 8.04. The number of halogens is 3. The van der Waals surface area contributed by atoms with Crippen LogP contribution in [0.15, 0.2) is 24.3 Å². The van der Waals surface area contributed by atoms with Crippen molar-refractivity contribution in [2.24, 2.45) is 0 Å². The normalized spacial score (nSPS) is 10.8. The molecule has 0 aliphatic carbocycles. The Kier molecular flexibility index (Phi) is 3.43. The lowest BCUT2D eigenvalue weighted by atomic mass is 10.3.